The van der Waals surface area contributed by atoms with Crippen molar-refractivity contribution in [2.24, 2.45) is 0 Å². The number of amides is 1. The summed E-state index contributed by atoms with van der Waals surface area (Å²) in [6.45, 7) is 6.26. The summed E-state index contributed by atoms with van der Waals surface area (Å²) in [6.07, 6.45) is 3.40. The van der Waals surface area contributed by atoms with Gasteiger partial charge in [0.2, 0.25) is 0 Å². The van der Waals surface area contributed by atoms with Crippen LogP contribution in [-0.4, -0.2) is 30.9 Å². The molecule has 6 nitrogen and oxygen atoms in total. The highest BCUT2D eigenvalue weighted by atomic mass is 32.1. The smallest absolute Gasteiger partial charge is 0.259 e. The molecule has 2 aromatic heterocycles. The average molecular weight is 496 g/mol. The van der Waals surface area contributed by atoms with Crippen LogP contribution >= 0.6 is 22.7 Å². The highest BCUT2D eigenvalue weighted by Crippen LogP contribution is 2.39. The number of nitriles is 3. The van der Waals surface area contributed by atoms with Crippen molar-refractivity contribution in [2.75, 3.05) is 25.0 Å². The number of fused-ring (bicyclic) bond motifs is 1. The molecule has 4 rings (SSSR count). The molecule has 0 atom stereocenters. The van der Waals surface area contributed by atoms with Gasteiger partial charge in [0.1, 0.15) is 18.2 Å². The van der Waals surface area contributed by atoms with Crippen LogP contribution < -0.4 is 4.90 Å². The number of rotatable bonds is 6. The minimum absolute atomic E-state index is 0.0423. The van der Waals surface area contributed by atoms with Gasteiger partial charge in [0.25, 0.3) is 5.91 Å². The predicted octanol–water partition coefficient (Wildman–Crippen LogP) is 6.08. The van der Waals surface area contributed by atoms with Crippen molar-refractivity contribution in [1.82, 2.24) is 4.90 Å². The van der Waals surface area contributed by atoms with Crippen LogP contribution in [0.4, 0.5) is 5.69 Å². The number of carbonyl (C=O) groups is 1. The van der Waals surface area contributed by atoms with E-state index in [0.717, 1.165) is 27.4 Å². The summed E-state index contributed by atoms with van der Waals surface area (Å²) < 4.78 is 2.30. The maximum atomic E-state index is 12.7. The molecule has 8 heteroatoms. The van der Waals surface area contributed by atoms with Crippen LogP contribution in [0.25, 0.3) is 25.9 Å². The Balaban J connectivity index is 1.61. The van der Waals surface area contributed by atoms with Crippen molar-refractivity contribution in [3.63, 3.8) is 0 Å². The van der Waals surface area contributed by atoms with Gasteiger partial charge in [0.05, 0.1) is 16.8 Å². The zero-order valence-corrected chi connectivity index (χ0v) is 21.1. The fourth-order valence-electron chi connectivity index (χ4n) is 4.05. The van der Waals surface area contributed by atoms with Gasteiger partial charge >= 0.3 is 0 Å². The number of allylic oxidation sites excluding steroid dienone is 2. The third-order valence-electron chi connectivity index (χ3n) is 5.87. The predicted molar refractivity (Wildman–Crippen MR) is 141 cm³/mol. The Kier molecular flexibility index (Phi) is 6.85. The molecule has 0 bridgehead atoms. The molecule has 3 aromatic rings. The minimum Gasteiger partial charge on any atom is -0.372 e. The molecular formula is C27H21N5OS2. The van der Waals surface area contributed by atoms with Crippen LogP contribution in [0.2, 0.25) is 0 Å². The second-order valence-corrected chi connectivity index (χ2v) is 9.95. The summed E-state index contributed by atoms with van der Waals surface area (Å²) in [5.74, 6) is -0.412. The lowest BCUT2D eigenvalue weighted by molar-refractivity contribution is -0.122. The number of likely N-dealkylation sites (N-methyl/N-ethyl adjacent to an activating group) is 1. The summed E-state index contributed by atoms with van der Waals surface area (Å²) >= 11 is 3.32. The third-order valence-corrected chi connectivity index (χ3v) is 8.18. The molecule has 35 heavy (non-hydrogen) atoms. The monoisotopic (exact) mass is 495 g/mol. The van der Waals surface area contributed by atoms with Crippen LogP contribution in [0.15, 0.2) is 64.9 Å². The first-order valence-corrected chi connectivity index (χ1v) is 12.6. The van der Waals surface area contributed by atoms with Gasteiger partial charge < -0.3 is 9.80 Å². The lowest BCUT2D eigenvalue weighted by Crippen LogP contribution is -2.21. The number of nitrogens with zero attached hydrogens (tertiary/aromatic N) is 5. The quantitative estimate of drug-likeness (QED) is 0.386. The molecule has 0 unspecified atom stereocenters. The van der Waals surface area contributed by atoms with E-state index in [1.807, 2.05) is 6.07 Å². The molecule has 1 aliphatic heterocycles. The van der Waals surface area contributed by atoms with E-state index in [9.17, 15) is 20.6 Å². The lowest BCUT2D eigenvalue weighted by atomic mass is 10.1. The van der Waals surface area contributed by atoms with Crippen LogP contribution in [-0.2, 0) is 4.79 Å². The van der Waals surface area contributed by atoms with Crippen molar-refractivity contribution >= 4 is 49.7 Å². The van der Waals surface area contributed by atoms with E-state index in [1.165, 1.54) is 28.1 Å². The van der Waals surface area contributed by atoms with Crippen molar-refractivity contribution < 1.29 is 4.79 Å². The normalized spacial score (nSPS) is 13.4. The van der Waals surface area contributed by atoms with Crippen LogP contribution in [0.3, 0.4) is 0 Å². The average Bonchev–Trinajstić information content (AvgIpc) is 3.51. The summed E-state index contributed by atoms with van der Waals surface area (Å²) in [5, 5.41) is 28.0. The molecule has 1 amide bonds. The minimum atomic E-state index is -0.412. The van der Waals surface area contributed by atoms with E-state index in [4.69, 9.17) is 0 Å². The molecule has 1 aliphatic rings. The zero-order valence-electron chi connectivity index (χ0n) is 19.5. The standard InChI is InChI=1S/C27H21N5OS2/c1-4-32(5-2)19-8-6-17(7-9-19)23-13-25-24(35-23)12-20(34-25)10-11-21-22(16-30)26(18(14-28)15-29)31(3)27(21)33/h6-13H,4-5H2,1-3H3/b11-10+. The van der Waals surface area contributed by atoms with E-state index in [1.54, 1.807) is 47.0 Å². The number of carbonyl (C=O) groups excluding carboxylic acids is 1. The van der Waals surface area contributed by atoms with E-state index in [-0.39, 0.29) is 22.4 Å². The number of anilines is 1. The summed E-state index contributed by atoms with van der Waals surface area (Å²) in [5.41, 5.74) is 2.43. The van der Waals surface area contributed by atoms with Gasteiger partial charge in [-0.25, -0.2) is 0 Å². The van der Waals surface area contributed by atoms with Gasteiger partial charge in [-0.15, -0.1) is 22.7 Å². The molecule has 0 aliphatic carbocycles. The van der Waals surface area contributed by atoms with Crippen molar-refractivity contribution in [3.8, 4) is 28.6 Å². The first kappa shape index (κ1) is 24.0. The van der Waals surface area contributed by atoms with Crippen LogP contribution in [0.5, 0.6) is 0 Å². The Morgan fingerprint density at radius 2 is 1.66 bits per heavy atom. The third kappa shape index (κ3) is 4.36. The number of benzene rings is 1. The lowest BCUT2D eigenvalue weighted by Gasteiger charge is -2.21. The van der Waals surface area contributed by atoms with E-state index in [2.05, 4.69) is 55.1 Å². The fourth-order valence-corrected chi connectivity index (χ4v) is 6.36. The molecule has 3 heterocycles. The Bertz CT molecular complexity index is 1480. The Morgan fingerprint density at radius 1 is 1.00 bits per heavy atom. The van der Waals surface area contributed by atoms with Gasteiger partial charge in [-0.05, 0) is 55.8 Å². The Morgan fingerprint density at radius 3 is 2.23 bits per heavy atom. The molecule has 0 spiro atoms. The topological polar surface area (TPSA) is 94.9 Å². The van der Waals surface area contributed by atoms with Gasteiger partial charge in [0.15, 0.2) is 5.57 Å². The molecule has 0 fully saturated rings. The molecule has 1 aromatic carbocycles. The fraction of sp³-hybridized carbons (Fsp3) is 0.185. The van der Waals surface area contributed by atoms with Gasteiger partial charge in [-0.2, -0.15) is 15.8 Å². The zero-order chi connectivity index (χ0) is 25.1. The summed E-state index contributed by atoms with van der Waals surface area (Å²) in [6, 6.07) is 18.4. The number of thiophene rings is 2. The molecular weight excluding hydrogens is 474 g/mol. The molecule has 172 valence electrons. The van der Waals surface area contributed by atoms with Crippen molar-refractivity contribution in [1.29, 1.82) is 15.8 Å². The van der Waals surface area contributed by atoms with E-state index < -0.39 is 5.91 Å². The highest BCUT2D eigenvalue weighted by molar-refractivity contribution is 7.29. The largest absolute Gasteiger partial charge is 0.372 e. The van der Waals surface area contributed by atoms with Crippen molar-refractivity contribution in [2.45, 2.75) is 13.8 Å². The molecule has 0 radical (unpaired) electrons. The maximum Gasteiger partial charge on any atom is 0.259 e. The summed E-state index contributed by atoms with van der Waals surface area (Å²) in [4.78, 5) is 18.3. The van der Waals surface area contributed by atoms with Gasteiger partial charge in [-0.3, -0.25) is 4.79 Å². The second-order valence-electron chi connectivity index (χ2n) is 7.75. The van der Waals surface area contributed by atoms with Crippen molar-refractivity contribution in [3.05, 3.63) is 69.8 Å². The maximum absolute atomic E-state index is 12.7. The SMILES string of the molecule is CCN(CC)c1ccc(-c2cc3sc(/C=C/C4=C(C#N)C(=C(C#N)C#N)N(C)C4=O)cc3s2)cc1. The highest BCUT2D eigenvalue weighted by Gasteiger charge is 2.34. The van der Waals surface area contributed by atoms with Gasteiger partial charge in [0, 0.05) is 45.0 Å². The van der Waals surface area contributed by atoms with Crippen LogP contribution in [0.1, 0.15) is 18.7 Å². The van der Waals surface area contributed by atoms with Crippen LogP contribution in [0, 0.1) is 34.0 Å². The van der Waals surface area contributed by atoms with Gasteiger partial charge in [-0.1, -0.05) is 12.1 Å². The molecule has 0 saturated carbocycles. The first-order valence-electron chi connectivity index (χ1n) is 11.0. The number of hydrogen-bond donors (Lipinski definition) is 0. The number of hydrogen-bond acceptors (Lipinski definition) is 7. The van der Waals surface area contributed by atoms with E-state index in [0.29, 0.717) is 0 Å². The molecule has 0 N–H and O–H groups in total. The first-order chi connectivity index (χ1) is 16.9. The second kappa shape index (κ2) is 9.99. The van der Waals surface area contributed by atoms with E-state index >= 15 is 0 Å². The Hall–Kier alpha value is -4.16. The molecule has 0 saturated heterocycles. The summed E-state index contributed by atoms with van der Waals surface area (Å²) in [7, 11) is 1.46. The Labute approximate surface area is 212 Å².